The van der Waals surface area contributed by atoms with Gasteiger partial charge in [0.25, 0.3) is 5.89 Å². The molecule has 72 valence electrons. The number of aryl methyl sites for hydroxylation is 1. The maximum Gasteiger partial charge on any atom is 0.261 e. The van der Waals surface area contributed by atoms with Gasteiger partial charge in [-0.05, 0) is 18.6 Å². The van der Waals surface area contributed by atoms with Gasteiger partial charge in [-0.25, -0.2) is 4.39 Å². The summed E-state index contributed by atoms with van der Waals surface area (Å²) < 4.78 is 18.9. The highest BCUT2D eigenvalue weighted by Gasteiger charge is 2.12. The van der Waals surface area contributed by atoms with E-state index in [1.807, 2.05) is 22.6 Å². The molecule has 0 bridgehead atoms. The Kier molecular flexibility index (Phi) is 2.49. The molecule has 0 spiro atoms. The molecule has 0 radical (unpaired) electrons. The molecule has 0 aliphatic rings. The molecular formula is C9H6FIN2O. The van der Waals surface area contributed by atoms with Gasteiger partial charge in [0.2, 0.25) is 3.83 Å². The maximum absolute atomic E-state index is 13.6. The molecule has 1 heterocycles. The third-order valence-corrected chi connectivity index (χ3v) is 2.26. The van der Waals surface area contributed by atoms with E-state index < -0.39 is 0 Å². The van der Waals surface area contributed by atoms with E-state index in [0.29, 0.717) is 15.0 Å². The van der Waals surface area contributed by atoms with Crippen molar-refractivity contribution < 1.29 is 8.91 Å². The third kappa shape index (κ3) is 1.63. The molecule has 0 aliphatic heterocycles. The molecule has 14 heavy (non-hydrogen) atoms. The minimum atomic E-state index is -0.312. The Morgan fingerprint density at radius 3 is 2.86 bits per heavy atom. The number of hydrogen-bond acceptors (Lipinski definition) is 3. The van der Waals surface area contributed by atoms with Crippen molar-refractivity contribution >= 4 is 22.6 Å². The molecule has 1 aromatic heterocycles. The van der Waals surface area contributed by atoms with Gasteiger partial charge in [-0.3, -0.25) is 0 Å². The average Bonchev–Trinajstić information content (AvgIpc) is 2.57. The largest absolute Gasteiger partial charge is 0.333 e. The number of nitrogens with zero attached hydrogens (tertiary/aromatic N) is 2. The fourth-order valence-electron chi connectivity index (χ4n) is 1.13. The summed E-state index contributed by atoms with van der Waals surface area (Å²) in [4.78, 5) is 3.95. The van der Waals surface area contributed by atoms with Gasteiger partial charge in [0.1, 0.15) is 5.82 Å². The van der Waals surface area contributed by atoms with Crippen molar-refractivity contribution in [3.8, 4) is 11.5 Å². The van der Waals surface area contributed by atoms with Crippen LogP contribution in [-0.2, 0) is 0 Å². The highest BCUT2D eigenvalue weighted by Crippen LogP contribution is 2.23. The van der Waals surface area contributed by atoms with E-state index in [0.717, 1.165) is 0 Å². The summed E-state index contributed by atoms with van der Waals surface area (Å²) in [5.74, 6) is -0.0943. The molecule has 0 atom stereocenters. The van der Waals surface area contributed by atoms with Gasteiger partial charge in [0, 0.05) is 22.6 Å². The smallest absolute Gasteiger partial charge is 0.261 e. The first kappa shape index (κ1) is 9.57. The quantitative estimate of drug-likeness (QED) is 0.761. The molecule has 2 aromatic rings. The van der Waals surface area contributed by atoms with Crippen LogP contribution >= 0.6 is 22.6 Å². The van der Waals surface area contributed by atoms with E-state index in [1.165, 1.54) is 0 Å². The third-order valence-electron chi connectivity index (χ3n) is 1.82. The Morgan fingerprint density at radius 2 is 2.21 bits per heavy atom. The zero-order valence-corrected chi connectivity index (χ0v) is 9.45. The molecule has 0 saturated carbocycles. The van der Waals surface area contributed by atoms with Crippen LogP contribution in [0.1, 0.15) is 5.56 Å². The molecule has 3 nitrogen and oxygen atoms in total. The van der Waals surface area contributed by atoms with Gasteiger partial charge in [0.15, 0.2) is 0 Å². The number of benzene rings is 1. The van der Waals surface area contributed by atoms with Gasteiger partial charge >= 0.3 is 0 Å². The van der Waals surface area contributed by atoms with Crippen LogP contribution in [0.3, 0.4) is 0 Å². The Bertz CT molecular complexity index is 470. The van der Waals surface area contributed by atoms with Crippen molar-refractivity contribution in [3.05, 3.63) is 33.4 Å². The fourth-order valence-corrected chi connectivity index (χ4v) is 1.45. The van der Waals surface area contributed by atoms with Crippen molar-refractivity contribution in [2.45, 2.75) is 6.92 Å². The lowest BCUT2D eigenvalue weighted by atomic mass is 10.1. The van der Waals surface area contributed by atoms with Crippen molar-refractivity contribution in [3.63, 3.8) is 0 Å². The van der Waals surface area contributed by atoms with Gasteiger partial charge in [0.05, 0.1) is 5.56 Å². The van der Waals surface area contributed by atoms with Crippen molar-refractivity contribution in [1.82, 2.24) is 10.1 Å². The van der Waals surface area contributed by atoms with Crippen LogP contribution in [0.4, 0.5) is 4.39 Å². The average molecular weight is 304 g/mol. The Balaban J connectivity index is 2.57. The van der Waals surface area contributed by atoms with E-state index in [-0.39, 0.29) is 11.7 Å². The van der Waals surface area contributed by atoms with Crippen LogP contribution < -0.4 is 0 Å². The summed E-state index contributed by atoms with van der Waals surface area (Å²) in [6.07, 6.45) is 0. The molecule has 2 rings (SSSR count). The number of rotatable bonds is 1. The molecular weight excluding hydrogens is 298 g/mol. The van der Waals surface area contributed by atoms with E-state index >= 15 is 0 Å². The van der Waals surface area contributed by atoms with Gasteiger partial charge in [-0.15, -0.1) is 0 Å². The fraction of sp³-hybridized carbons (Fsp3) is 0.111. The van der Waals surface area contributed by atoms with E-state index in [2.05, 4.69) is 10.1 Å². The molecule has 0 saturated heterocycles. The Morgan fingerprint density at radius 1 is 1.43 bits per heavy atom. The number of aromatic nitrogens is 2. The van der Waals surface area contributed by atoms with Crippen LogP contribution in [-0.4, -0.2) is 10.1 Å². The number of hydrogen-bond donors (Lipinski definition) is 0. The molecule has 1 aromatic carbocycles. The van der Waals surface area contributed by atoms with Crippen LogP contribution in [0.15, 0.2) is 22.7 Å². The lowest BCUT2D eigenvalue weighted by Gasteiger charge is -1.99. The van der Waals surface area contributed by atoms with Gasteiger partial charge in [-0.1, -0.05) is 17.3 Å². The first-order valence-corrected chi connectivity index (χ1v) is 5.01. The summed E-state index contributed by atoms with van der Waals surface area (Å²) in [6, 6.07) is 5.07. The van der Waals surface area contributed by atoms with E-state index in [9.17, 15) is 4.39 Å². The molecule has 0 N–H and O–H groups in total. The van der Waals surface area contributed by atoms with Crippen LogP contribution in [0.5, 0.6) is 0 Å². The predicted octanol–water partition coefficient (Wildman–Crippen LogP) is 2.79. The Labute approximate surface area is 93.5 Å². The second-order valence-corrected chi connectivity index (χ2v) is 3.77. The number of halogens is 2. The van der Waals surface area contributed by atoms with Crippen LogP contribution in [0.25, 0.3) is 11.5 Å². The lowest BCUT2D eigenvalue weighted by molar-refractivity contribution is 0.423. The minimum Gasteiger partial charge on any atom is -0.333 e. The molecule has 0 unspecified atom stereocenters. The topological polar surface area (TPSA) is 38.9 Å². The summed E-state index contributed by atoms with van der Waals surface area (Å²) in [7, 11) is 0. The van der Waals surface area contributed by atoms with Crippen molar-refractivity contribution in [2.24, 2.45) is 0 Å². The summed E-state index contributed by atoms with van der Waals surface area (Å²) in [6.45, 7) is 1.69. The highest BCUT2D eigenvalue weighted by atomic mass is 127. The van der Waals surface area contributed by atoms with Crippen LogP contribution in [0.2, 0.25) is 0 Å². The monoisotopic (exact) mass is 304 g/mol. The molecule has 0 amide bonds. The first-order chi connectivity index (χ1) is 6.68. The standard InChI is InChI=1S/C9H6FIN2O/c1-5-3-2-4-6(7(5)10)8-12-9(11)13-14-8/h2-4H,1H3. The zero-order chi connectivity index (χ0) is 10.1. The zero-order valence-electron chi connectivity index (χ0n) is 7.29. The summed E-state index contributed by atoms with van der Waals surface area (Å²) >= 11 is 1.91. The van der Waals surface area contributed by atoms with Crippen molar-refractivity contribution in [1.29, 1.82) is 0 Å². The second-order valence-electron chi connectivity index (χ2n) is 2.81. The molecule has 0 fully saturated rings. The summed E-state index contributed by atoms with van der Waals surface area (Å²) in [5.41, 5.74) is 0.913. The molecule has 5 heteroatoms. The normalized spacial score (nSPS) is 10.5. The SMILES string of the molecule is Cc1cccc(-c2nc(I)no2)c1F. The minimum absolute atomic E-state index is 0.218. The lowest BCUT2D eigenvalue weighted by Crippen LogP contribution is -1.88. The Hall–Kier alpha value is -0.980. The van der Waals surface area contributed by atoms with Gasteiger partial charge in [-0.2, -0.15) is 4.98 Å². The van der Waals surface area contributed by atoms with E-state index in [4.69, 9.17) is 4.52 Å². The highest BCUT2D eigenvalue weighted by molar-refractivity contribution is 14.1. The van der Waals surface area contributed by atoms with Crippen molar-refractivity contribution in [2.75, 3.05) is 0 Å². The van der Waals surface area contributed by atoms with Gasteiger partial charge < -0.3 is 4.52 Å². The molecule has 0 aliphatic carbocycles. The van der Waals surface area contributed by atoms with Crippen LogP contribution in [0, 0.1) is 16.6 Å². The maximum atomic E-state index is 13.6. The summed E-state index contributed by atoms with van der Waals surface area (Å²) in [5, 5.41) is 3.60. The van der Waals surface area contributed by atoms with E-state index in [1.54, 1.807) is 25.1 Å². The first-order valence-electron chi connectivity index (χ1n) is 3.93. The predicted molar refractivity (Wildman–Crippen MR) is 57.1 cm³/mol. The second kappa shape index (κ2) is 3.64.